The quantitative estimate of drug-likeness (QED) is 0.660. The number of carbonyl (C=O) groups is 2. The second-order valence-electron chi connectivity index (χ2n) is 9.90. The van der Waals surface area contributed by atoms with Gasteiger partial charge < -0.3 is 15.0 Å². The Bertz CT molecular complexity index is 1140. The lowest BCUT2D eigenvalue weighted by molar-refractivity contribution is -0.122. The predicted molar refractivity (Wildman–Crippen MR) is 129 cm³/mol. The van der Waals surface area contributed by atoms with E-state index in [1.165, 1.54) is 6.07 Å². The normalized spacial score (nSPS) is 24.2. The summed E-state index contributed by atoms with van der Waals surface area (Å²) in [6, 6.07) is 14.6. The molecule has 0 unspecified atom stereocenters. The first-order chi connectivity index (χ1) is 17.0. The lowest BCUT2D eigenvalue weighted by atomic mass is 9.88. The van der Waals surface area contributed by atoms with Crippen LogP contribution in [0.5, 0.6) is 0 Å². The summed E-state index contributed by atoms with van der Waals surface area (Å²) in [5.41, 5.74) is 2.54. The third kappa shape index (κ3) is 5.14. The number of nitriles is 1. The van der Waals surface area contributed by atoms with E-state index in [1.807, 2.05) is 18.2 Å². The second kappa shape index (κ2) is 10.3. The number of carbonyl (C=O) groups excluding carboxylic acids is 2. The number of hydrogen-bond donors (Lipinski definition) is 1. The van der Waals surface area contributed by atoms with E-state index in [9.17, 15) is 19.2 Å². The number of hydrogen-bond acceptors (Lipinski definition) is 5. The molecule has 0 radical (unpaired) electrons. The van der Waals surface area contributed by atoms with Crippen LogP contribution in [0.1, 0.15) is 41.6 Å². The number of morpholine rings is 1. The number of nitrogens with zero attached hydrogens (tertiary/aromatic N) is 2. The summed E-state index contributed by atoms with van der Waals surface area (Å²) in [7, 11) is 0. The van der Waals surface area contributed by atoms with Crippen LogP contribution in [0, 0.1) is 29.0 Å². The van der Waals surface area contributed by atoms with Crippen LogP contribution in [0.15, 0.2) is 42.5 Å². The number of ether oxygens (including phenoxy) is 1. The molecule has 2 aromatic carbocycles. The minimum Gasteiger partial charge on any atom is -0.378 e. The van der Waals surface area contributed by atoms with Gasteiger partial charge in [0.2, 0.25) is 0 Å². The molecule has 1 saturated carbocycles. The van der Waals surface area contributed by atoms with Crippen LogP contribution in [0.2, 0.25) is 0 Å². The van der Waals surface area contributed by atoms with Crippen molar-refractivity contribution in [3.05, 3.63) is 59.4 Å². The molecule has 1 aliphatic carbocycles. The number of rotatable bonds is 7. The van der Waals surface area contributed by atoms with Crippen molar-refractivity contribution in [3.8, 4) is 17.2 Å². The third-order valence-corrected chi connectivity index (χ3v) is 7.62. The standard InChI is InChI=1S/C28H30FN3O3/c29-25-16-21(19-1-3-20(4-2-19)28(34)32-9-11-35-12-10-32)5-6-22(25)13-18(17-30)14-26(33)27-23-7-8-24(15-23)31-27/h1-6,16,18,23-24,27,31H,7-15H2/t18-,23+,24-,27+/m1/s1. The Morgan fingerprint density at radius 1 is 1.11 bits per heavy atom. The van der Waals surface area contributed by atoms with Gasteiger partial charge in [0.1, 0.15) is 5.82 Å². The Labute approximate surface area is 205 Å². The molecule has 1 amide bonds. The van der Waals surface area contributed by atoms with Crippen LogP contribution < -0.4 is 5.32 Å². The highest BCUT2D eigenvalue weighted by Gasteiger charge is 2.42. The molecule has 4 atom stereocenters. The zero-order chi connectivity index (χ0) is 24.4. The molecule has 7 heteroatoms. The molecule has 2 saturated heterocycles. The fourth-order valence-electron chi connectivity index (χ4n) is 5.66. The van der Waals surface area contributed by atoms with Crippen molar-refractivity contribution in [2.75, 3.05) is 26.3 Å². The Balaban J connectivity index is 1.22. The van der Waals surface area contributed by atoms with Gasteiger partial charge in [0.15, 0.2) is 5.78 Å². The van der Waals surface area contributed by atoms with Crippen molar-refractivity contribution in [3.63, 3.8) is 0 Å². The molecular weight excluding hydrogens is 445 g/mol. The molecule has 2 bridgehead atoms. The number of Topliss-reactive ketones (excluding diaryl/α,β-unsaturated/α-hetero) is 1. The van der Waals surface area contributed by atoms with Crippen LogP contribution >= 0.6 is 0 Å². The van der Waals surface area contributed by atoms with Gasteiger partial charge in [-0.25, -0.2) is 4.39 Å². The summed E-state index contributed by atoms with van der Waals surface area (Å²) in [6.07, 6.45) is 3.61. The van der Waals surface area contributed by atoms with Gasteiger partial charge in [-0.2, -0.15) is 5.26 Å². The fourth-order valence-corrected chi connectivity index (χ4v) is 5.66. The largest absolute Gasteiger partial charge is 0.378 e. The number of nitrogens with one attached hydrogen (secondary N) is 1. The van der Waals surface area contributed by atoms with Gasteiger partial charge in [0.05, 0.1) is 31.2 Å². The summed E-state index contributed by atoms with van der Waals surface area (Å²) in [5.74, 6) is -0.499. The number of benzene rings is 2. The van der Waals surface area contributed by atoms with Crippen molar-refractivity contribution in [1.29, 1.82) is 5.26 Å². The highest BCUT2D eigenvalue weighted by atomic mass is 19.1. The highest BCUT2D eigenvalue weighted by molar-refractivity contribution is 5.94. The molecule has 1 N–H and O–H groups in total. The fraction of sp³-hybridized carbons (Fsp3) is 0.464. The average Bonchev–Trinajstić information content (AvgIpc) is 3.54. The summed E-state index contributed by atoms with van der Waals surface area (Å²) in [5, 5.41) is 13.0. The third-order valence-electron chi connectivity index (χ3n) is 7.62. The number of halogens is 1. The topological polar surface area (TPSA) is 82.4 Å². The van der Waals surface area contributed by atoms with Gasteiger partial charge in [0.25, 0.3) is 5.91 Å². The van der Waals surface area contributed by atoms with Gasteiger partial charge in [-0.05, 0) is 66.5 Å². The van der Waals surface area contributed by atoms with Gasteiger partial charge in [0, 0.05) is 31.1 Å². The van der Waals surface area contributed by atoms with Crippen LogP contribution in [0.4, 0.5) is 4.39 Å². The highest BCUT2D eigenvalue weighted by Crippen LogP contribution is 2.36. The zero-order valence-corrected chi connectivity index (χ0v) is 19.7. The molecular formula is C28H30FN3O3. The van der Waals surface area contributed by atoms with Gasteiger partial charge in [-0.15, -0.1) is 0 Å². The van der Waals surface area contributed by atoms with Crippen LogP contribution in [-0.2, 0) is 16.0 Å². The second-order valence-corrected chi connectivity index (χ2v) is 9.90. The van der Waals surface area contributed by atoms with Gasteiger partial charge >= 0.3 is 0 Å². The molecule has 5 rings (SSSR count). The van der Waals surface area contributed by atoms with Crippen LogP contribution in [-0.4, -0.2) is 55.0 Å². The van der Waals surface area contributed by atoms with Crippen molar-refractivity contribution in [2.45, 2.75) is 44.2 Å². The van der Waals surface area contributed by atoms with Crippen molar-refractivity contribution >= 4 is 11.7 Å². The predicted octanol–water partition coefficient (Wildman–Crippen LogP) is 3.75. The number of ketones is 1. The van der Waals surface area contributed by atoms with Crippen LogP contribution in [0.3, 0.4) is 0 Å². The van der Waals surface area contributed by atoms with E-state index >= 15 is 0 Å². The average molecular weight is 476 g/mol. The van der Waals surface area contributed by atoms with Gasteiger partial charge in [-0.1, -0.05) is 24.3 Å². The SMILES string of the molecule is N#C[C@@H](CC(=O)[C@H]1N[C@@H]2CC[C@H]1C2)Cc1ccc(-c2ccc(C(=O)N3CCOCC3)cc2)cc1F. The Morgan fingerprint density at radius 2 is 1.86 bits per heavy atom. The van der Waals surface area contributed by atoms with E-state index in [2.05, 4.69) is 11.4 Å². The summed E-state index contributed by atoms with van der Waals surface area (Å²) in [4.78, 5) is 27.2. The van der Waals surface area contributed by atoms with Crippen LogP contribution in [0.25, 0.3) is 11.1 Å². The molecule has 3 fully saturated rings. The summed E-state index contributed by atoms with van der Waals surface area (Å²) >= 11 is 0. The first-order valence-electron chi connectivity index (χ1n) is 12.5. The van der Waals surface area contributed by atoms with Gasteiger partial charge in [-0.3, -0.25) is 9.59 Å². The number of fused-ring (bicyclic) bond motifs is 2. The minimum atomic E-state index is -0.547. The summed E-state index contributed by atoms with van der Waals surface area (Å²) < 4.78 is 20.3. The van der Waals surface area contributed by atoms with E-state index in [0.717, 1.165) is 24.8 Å². The summed E-state index contributed by atoms with van der Waals surface area (Å²) in [6.45, 7) is 2.27. The molecule has 2 heterocycles. The van der Waals surface area contributed by atoms with E-state index in [0.29, 0.717) is 55.0 Å². The zero-order valence-electron chi connectivity index (χ0n) is 19.7. The smallest absolute Gasteiger partial charge is 0.254 e. The molecule has 0 aromatic heterocycles. The first kappa shape index (κ1) is 23.7. The Morgan fingerprint density at radius 3 is 2.49 bits per heavy atom. The van der Waals surface area contributed by atoms with E-state index in [-0.39, 0.29) is 36.4 Å². The van der Waals surface area contributed by atoms with E-state index in [4.69, 9.17) is 4.74 Å². The van der Waals surface area contributed by atoms with Crippen molar-refractivity contribution < 1.29 is 18.7 Å². The maximum Gasteiger partial charge on any atom is 0.254 e. The van der Waals surface area contributed by atoms with Crippen molar-refractivity contribution in [2.24, 2.45) is 11.8 Å². The minimum absolute atomic E-state index is 0.0286. The number of piperidine rings is 1. The Kier molecular flexibility index (Phi) is 6.94. The molecule has 0 spiro atoms. The van der Waals surface area contributed by atoms with Crippen molar-refractivity contribution in [1.82, 2.24) is 10.2 Å². The molecule has 35 heavy (non-hydrogen) atoms. The number of amides is 1. The lowest BCUT2D eigenvalue weighted by Gasteiger charge is -2.26. The molecule has 2 aromatic rings. The van der Waals surface area contributed by atoms with E-state index < -0.39 is 5.92 Å². The monoisotopic (exact) mass is 475 g/mol. The lowest BCUT2D eigenvalue weighted by Crippen LogP contribution is -2.42. The first-order valence-corrected chi connectivity index (χ1v) is 12.5. The molecule has 3 aliphatic rings. The maximum absolute atomic E-state index is 15.0. The van der Waals surface area contributed by atoms with E-state index in [1.54, 1.807) is 23.1 Å². The molecule has 6 nitrogen and oxygen atoms in total. The molecule has 2 aliphatic heterocycles. The molecule has 182 valence electrons. The Hall–Kier alpha value is -3.08. The maximum atomic E-state index is 15.0.